The van der Waals surface area contributed by atoms with E-state index in [1.807, 2.05) is 17.4 Å². The first kappa shape index (κ1) is 14.7. The Morgan fingerprint density at radius 1 is 1.35 bits per heavy atom. The third kappa shape index (κ3) is 5.70. The van der Waals surface area contributed by atoms with Crippen molar-refractivity contribution in [2.24, 2.45) is 0 Å². The molecule has 7 heteroatoms. The maximum Gasteiger partial charge on any atom is 0.103 e. The second kappa shape index (κ2) is 6.56. The Balaban J connectivity index is 2.34. The van der Waals surface area contributed by atoms with Crippen molar-refractivity contribution >= 4 is 33.2 Å². The Kier molecular flexibility index (Phi) is 5.69. The highest BCUT2D eigenvalue weighted by atomic mass is 35.5. The molecule has 0 aliphatic carbocycles. The average molecular weight is 297 g/mol. The fraction of sp³-hybridized carbons (Fsp3) is 0.400. The Labute approximate surface area is 111 Å². The number of benzene rings is 1. The standard InChI is InChI=1S/C10H13Cl2N2O2S/c1-17(15,16)14-6-5-13-7-8-3-2-4-9(11)10(8)12/h2-4,13H,5-7H2,1H3/q-1/p+1. The van der Waals surface area contributed by atoms with E-state index in [0.29, 0.717) is 23.1 Å². The van der Waals surface area contributed by atoms with Gasteiger partial charge in [0.05, 0.1) is 26.6 Å². The van der Waals surface area contributed by atoms with Crippen LogP contribution in [0.4, 0.5) is 0 Å². The number of nitrogens with zero attached hydrogens (tertiary/aromatic N) is 1. The van der Waals surface area contributed by atoms with Crippen LogP contribution >= 0.6 is 23.2 Å². The number of rotatable bonds is 6. The van der Waals surface area contributed by atoms with Crippen LogP contribution in [0.3, 0.4) is 0 Å². The van der Waals surface area contributed by atoms with Crippen molar-refractivity contribution in [3.63, 3.8) is 0 Å². The molecule has 0 saturated heterocycles. The smallest absolute Gasteiger partial charge is 0.103 e. The predicted octanol–water partition coefficient (Wildman–Crippen LogP) is 1.39. The van der Waals surface area contributed by atoms with E-state index < -0.39 is 10.0 Å². The SMILES string of the molecule is CS(=O)(=O)[N-]CC[NH2+]Cc1cccc(Cl)c1Cl. The molecule has 17 heavy (non-hydrogen) atoms. The van der Waals surface area contributed by atoms with E-state index in [1.165, 1.54) is 0 Å². The first-order chi connectivity index (χ1) is 7.90. The molecular weight excluding hydrogens is 283 g/mol. The number of sulfonamides is 1. The normalized spacial score (nSPS) is 11.7. The molecule has 0 aliphatic rings. The van der Waals surface area contributed by atoms with Crippen LogP contribution in [0.5, 0.6) is 0 Å². The van der Waals surface area contributed by atoms with Crippen LogP contribution in [0.15, 0.2) is 18.2 Å². The van der Waals surface area contributed by atoms with Gasteiger partial charge in [-0.2, -0.15) is 0 Å². The summed E-state index contributed by atoms with van der Waals surface area (Å²) in [5.74, 6) is 0. The second-order valence-electron chi connectivity index (χ2n) is 3.58. The highest BCUT2D eigenvalue weighted by Gasteiger charge is 2.04. The molecule has 0 unspecified atom stereocenters. The lowest BCUT2D eigenvalue weighted by molar-refractivity contribution is -0.667. The van der Waals surface area contributed by atoms with Gasteiger partial charge in [-0.1, -0.05) is 41.9 Å². The van der Waals surface area contributed by atoms with Crippen molar-refractivity contribution < 1.29 is 13.7 Å². The zero-order valence-electron chi connectivity index (χ0n) is 9.36. The molecule has 0 bridgehead atoms. The summed E-state index contributed by atoms with van der Waals surface area (Å²) in [6, 6.07) is 5.45. The number of quaternary nitrogens is 1. The summed E-state index contributed by atoms with van der Waals surface area (Å²) in [6.07, 6.45) is 1.08. The molecular formula is C10H14Cl2N2O2S. The van der Waals surface area contributed by atoms with Gasteiger partial charge >= 0.3 is 0 Å². The van der Waals surface area contributed by atoms with E-state index in [-0.39, 0.29) is 6.54 Å². The molecule has 4 nitrogen and oxygen atoms in total. The van der Waals surface area contributed by atoms with E-state index in [9.17, 15) is 8.42 Å². The van der Waals surface area contributed by atoms with E-state index in [2.05, 4.69) is 4.72 Å². The molecule has 0 fully saturated rings. The van der Waals surface area contributed by atoms with Crippen LogP contribution in [0, 0.1) is 0 Å². The van der Waals surface area contributed by atoms with Crippen molar-refractivity contribution in [1.82, 2.24) is 0 Å². The zero-order chi connectivity index (χ0) is 12.9. The topological polar surface area (TPSA) is 64.8 Å². The highest BCUT2D eigenvalue weighted by Crippen LogP contribution is 2.24. The summed E-state index contributed by atoms with van der Waals surface area (Å²) in [4.78, 5) is 0. The third-order valence-electron chi connectivity index (χ3n) is 2.05. The Bertz CT molecular complexity index is 477. The lowest BCUT2D eigenvalue weighted by Gasteiger charge is -2.14. The lowest BCUT2D eigenvalue weighted by Crippen LogP contribution is -2.83. The summed E-state index contributed by atoms with van der Waals surface area (Å²) >= 11 is 11.9. The molecule has 96 valence electrons. The van der Waals surface area contributed by atoms with Gasteiger partial charge in [-0.25, -0.2) is 8.42 Å². The highest BCUT2D eigenvalue weighted by molar-refractivity contribution is 7.93. The number of hydrogen-bond donors (Lipinski definition) is 1. The van der Waals surface area contributed by atoms with Gasteiger partial charge in [0.2, 0.25) is 0 Å². The van der Waals surface area contributed by atoms with Crippen molar-refractivity contribution in [2.75, 3.05) is 19.3 Å². The van der Waals surface area contributed by atoms with Gasteiger partial charge in [-0.3, -0.25) is 0 Å². The van der Waals surface area contributed by atoms with Crippen molar-refractivity contribution in [1.29, 1.82) is 0 Å². The summed E-state index contributed by atoms with van der Waals surface area (Å²) in [5.41, 5.74) is 0.929. The second-order valence-corrected chi connectivity index (χ2v) is 6.09. The molecule has 1 rings (SSSR count). The van der Waals surface area contributed by atoms with Crippen molar-refractivity contribution in [3.8, 4) is 0 Å². The van der Waals surface area contributed by atoms with Crippen LogP contribution < -0.4 is 5.32 Å². The molecule has 0 amide bonds. The van der Waals surface area contributed by atoms with Gasteiger partial charge in [-0.05, 0) is 6.07 Å². The fourth-order valence-corrected chi connectivity index (χ4v) is 2.11. The largest absolute Gasteiger partial charge is 0.545 e. The Hall–Kier alpha value is -0.330. The van der Waals surface area contributed by atoms with E-state index in [0.717, 1.165) is 11.8 Å². The maximum absolute atomic E-state index is 10.7. The Morgan fingerprint density at radius 3 is 2.71 bits per heavy atom. The molecule has 0 aliphatic heterocycles. The van der Waals surface area contributed by atoms with E-state index in [4.69, 9.17) is 23.2 Å². The van der Waals surface area contributed by atoms with Crippen molar-refractivity contribution in [3.05, 3.63) is 38.5 Å². The molecule has 1 aromatic rings. The van der Waals surface area contributed by atoms with E-state index >= 15 is 0 Å². The molecule has 0 radical (unpaired) electrons. The summed E-state index contributed by atoms with van der Waals surface area (Å²) in [5, 5.41) is 3.01. The summed E-state index contributed by atoms with van der Waals surface area (Å²) in [7, 11) is -3.23. The molecule has 0 saturated carbocycles. The predicted molar refractivity (Wildman–Crippen MR) is 70.0 cm³/mol. The van der Waals surface area contributed by atoms with Crippen LogP contribution in [0.25, 0.3) is 4.72 Å². The molecule has 0 spiro atoms. The summed E-state index contributed by atoms with van der Waals surface area (Å²) < 4.78 is 25.0. The third-order valence-corrected chi connectivity index (χ3v) is 3.56. The molecule has 2 N–H and O–H groups in total. The Morgan fingerprint density at radius 2 is 2.06 bits per heavy atom. The quantitative estimate of drug-likeness (QED) is 0.806. The van der Waals surface area contributed by atoms with Crippen LogP contribution in [-0.4, -0.2) is 27.8 Å². The van der Waals surface area contributed by atoms with Crippen LogP contribution in [0.1, 0.15) is 5.56 Å². The average Bonchev–Trinajstić information content (AvgIpc) is 2.22. The maximum atomic E-state index is 10.7. The first-order valence-corrected chi connectivity index (χ1v) is 7.64. The van der Waals surface area contributed by atoms with Gasteiger partial charge in [0, 0.05) is 11.8 Å². The number of hydrogen-bond acceptors (Lipinski definition) is 2. The zero-order valence-corrected chi connectivity index (χ0v) is 11.7. The minimum Gasteiger partial charge on any atom is -0.545 e. The van der Waals surface area contributed by atoms with Gasteiger partial charge in [0.25, 0.3) is 0 Å². The number of nitrogens with two attached hydrogens (primary N) is 1. The monoisotopic (exact) mass is 296 g/mol. The molecule has 1 aromatic carbocycles. The van der Waals surface area contributed by atoms with Gasteiger partial charge in [0.1, 0.15) is 6.54 Å². The number of halogens is 2. The minimum atomic E-state index is -3.23. The minimum absolute atomic E-state index is 0.275. The van der Waals surface area contributed by atoms with Gasteiger partial charge in [0.15, 0.2) is 0 Å². The van der Waals surface area contributed by atoms with Crippen LogP contribution in [0.2, 0.25) is 10.0 Å². The van der Waals surface area contributed by atoms with Crippen LogP contribution in [-0.2, 0) is 16.6 Å². The molecule has 0 heterocycles. The van der Waals surface area contributed by atoms with Crippen molar-refractivity contribution in [2.45, 2.75) is 6.54 Å². The molecule has 0 atom stereocenters. The fourth-order valence-electron chi connectivity index (χ4n) is 1.27. The van der Waals surface area contributed by atoms with Gasteiger partial charge < -0.3 is 10.0 Å². The van der Waals surface area contributed by atoms with E-state index in [1.54, 1.807) is 6.07 Å². The lowest BCUT2D eigenvalue weighted by atomic mass is 10.2. The molecule has 0 aromatic heterocycles. The first-order valence-electron chi connectivity index (χ1n) is 5.03. The van der Waals surface area contributed by atoms with Gasteiger partial charge in [-0.15, -0.1) is 0 Å². The summed E-state index contributed by atoms with van der Waals surface area (Å²) in [6.45, 7) is 1.52.